The number of allylic oxidation sites excluding steroid dienone is 1. The van der Waals surface area contributed by atoms with Gasteiger partial charge >= 0.3 is 0 Å². The zero-order chi connectivity index (χ0) is 9.56. The van der Waals surface area contributed by atoms with Crippen molar-refractivity contribution < 1.29 is 4.79 Å². The van der Waals surface area contributed by atoms with Crippen LogP contribution in [0.1, 0.15) is 39.5 Å². The summed E-state index contributed by atoms with van der Waals surface area (Å²) in [6.45, 7) is 7.53. The fraction of sp³-hybridized carbons (Fsp3) is 0.700. The molecule has 70 valence electrons. The van der Waals surface area contributed by atoms with Crippen LogP contribution in [0.25, 0.3) is 0 Å². The summed E-state index contributed by atoms with van der Waals surface area (Å²) in [6.07, 6.45) is 3.01. The first-order valence-electron chi connectivity index (χ1n) is 4.44. The number of ketones is 1. The third-order valence-electron chi connectivity index (χ3n) is 1.61. The van der Waals surface area contributed by atoms with E-state index in [1.165, 1.54) is 0 Å². The average Bonchev–Trinajstić information content (AvgIpc) is 1.84. The third kappa shape index (κ3) is 7.48. The van der Waals surface area contributed by atoms with Crippen molar-refractivity contribution in [3.8, 4) is 0 Å². The summed E-state index contributed by atoms with van der Waals surface area (Å²) < 4.78 is 0. The molecular formula is C10H19NO. The molecule has 12 heavy (non-hydrogen) atoms. The lowest BCUT2D eigenvalue weighted by molar-refractivity contribution is -0.118. The molecule has 2 N–H and O–H groups in total. The summed E-state index contributed by atoms with van der Waals surface area (Å²) in [5.41, 5.74) is 6.50. The van der Waals surface area contributed by atoms with Gasteiger partial charge in [0.15, 0.2) is 0 Å². The van der Waals surface area contributed by atoms with Crippen molar-refractivity contribution in [3.63, 3.8) is 0 Å². The van der Waals surface area contributed by atoms with E-state index in [4.69, 9.17) is 5.73 Å². The first-order valence-corrected chi connectivity index (χ1v) is 4.44. The Morgan fingerprint density at radius 1 is 1.58 bits per heavy atom. The van der Waals surface area contributed by atoms with E-state index in [0.29, 0.717) is 12.8 Å². The number of nitrogens with two attached hydrogens (primary N) is 1. The van der Waals surface area contributed by atoms with Gasteiger partial charge in [0.05, 0.1) is 0 Å². The molecule has 0 aromatic heterocycles. The molecule has 0 heterocycles. The van der Waals surface area contributed by atoms with Crippen LogP contribution in [0.2, 0.25) is 0 Å². The predicted octanol–water partition coefficient (Wildman–Crippen LogP) is 2.04. The average molecular weight is 169 g/mol. The molecular weight excluding hydrogens is 150 g/mol. The van der Waals surface area contributed by atoms with Gasteiger partial charge in [-0.2, -0.15) is 0 Å². The Kier molecular flexibility index (Phi) is 5.64. The molecule has 0 fully saturated rings. The predicted molar refractivity (Wildman–Crippen MR) is 51.9 cm³/mol. The van der Waals surface area contributed by atoms with E-state index in [1.54, 1.807) is 0 Å². The van der Waals surface area contributed by atoms with Crippen molar-refractivity contribution in [2.75, 3.05) is 0 Å². The summed E-state index contributed by atoms with van der Waals surface area (Å²) in [7, 11) is 0. The van der Waals surface area contributed by atoms with Crippen molar-refractivity contribution in [2.24, 2.45) is 5.73 Å². The van der Waals surface area contributed by atoms with Crippen LogP contribution in [0.3, 0.4) is 0 Å². The monoisotopic (exact) mass is 169 g/mol. The first-order chi connectivity index (χ1) is 5.52. The van der Waals surface area contributed by atoms with Crippen molar-refractivity contribution >= 4 is 5.78 Å². The lowest BCUT2D eigenvalue weighted by Crippen LogP contribution is -2.14. The van der Waals surface area contributed by atoms with E-state index in [2.05, 4.69) is 6.58 Å². The summed E-state index contributed by atoms with van der Waals surface area (Å²) >= 11 is 0. The number of hydrogen-bond donors (Lipinski definition) is 1. The van der Waals surface area contributed by atoms with Gasteiger partial charge in [0.25, 0.3) is 0 Å². The van der Waals surface area contributed by atoms with Crippen molar-refractivity contribution in [3.05, 3.63) is 12.2 Å². The van der Waals surface area contributed by atoms with Crippen LogP contribution in [0.5, 0.6) is 0 Å². The van der Waals surface area contributed by atoms with Gasteiger partial charge < -0.3 is 5.73 Å². The Morgan fingerprint density at radius 2 is 2.17 bits per heavy atom. The van der Waals surface area contributed by atoms with E-state index in [9.17, 15) is 4.79 Å². The largest absolute Gasteiger partial charge is 0.328 e. The number of Topliss-reactive ketones (excluding diaryl/α,β-unsaturated/α-hetero) is 1. The maximum absolute atomic E-state index is 11.1. The minimum Gasteiger partial charge on any atom is -0.328 e. The van der Waals surface area contributed by atoms with Gasteiger partial charge in [0.2, 0.25) is 0 Å². The topological polar surface area (TPSA) is 43.1 Å². The Labute approximate surface area is 74.8 Å². The van der Waals surface area contributed by atoms with Crippen LogP contribution in [0.15, 0.2) is 12.2 Å². The first kappa shape index (κ1) is 11.4. The molecule has 1 atom stereocenters. The molecule has 0 aromatic rings. The summed E-state index contributed by atoms with van der Waals surface area (Å²) in [6, 6.07) is 0.211. The molecule has 2 nitrogen and oxygen atoms in total. The quantitative estimate of drug-likeness (QED) is 0.618. The molecule has 0 radical (unpaired) electrons. The molecule has 0 aliphatic carbocycles. The molecule has 0 saturated heterocycles. The van der Waals surface area contributed by atoms with Gasteiger partial charge in [0, 0.05) is 18.9 Å². The van der Waals surface area contributed by atoms with Crippen LogP contribution >= 0.6 is 0 Å². The van der Waals surface area contributed by atoms with Crippen LogP contribution < -0.4 is 5.73 Å². The van der Waals surface area contributed by atoms with Gasteiger partial charge in [-0.1, -0.05) is 12.2 Å². The van der Waals surface area contributed by atoms with Crippen LogP contribution in [0.4, 0.5) is 0 Å². The van der Waals surface area contributed by atoms with Crippen LogP contribution in [0, 0.1) is 0 Å². The highest BCUT2D eigenvalue weighted by molar-refractivity contribution is 5.80. The maximum Gasteiger partial charge on any atom is 0.136 e. The second kappa shape index (κ2) is 5.95. The fourth-order valence-electron chi connectivity index (χ4n) is 1.05. The smallest absolute Gasteiger partial charge is 0.136 e. The second-order valence-corrected chi connectivity index (χ2v) is 3.54. The number of rotatable bonds is 6. The van der Waals surface area contributed by atoms with Crippen LogP contribution in [-0.4, -0.2) is 11.8 Å². The fourth-order valence-corrected chi connectivity index (χ4v) is 1.05. The van der Waals surface area contributed by atoms with Crippen LogP contribution in [-0.2, 0) is 4.79 Å². The van der Waals surface area contributed by atoms with Crippen molar-refractivity contribution in [1.82, 2.24) is 0 Å². The molecule has 0 rings (SSSR count). The number of hydrogen-bond acceptors (Lipinski definition) is 2. The lowest BCUT2D eigenvalue weighted by Gasteiger charge is -2.03. The molecule has 0 aromatic carbocycles. The van der Waals surface area contributed by atoms with E-state index >= 15 is 0 Å². The van der Waals surface area contributed by atoms with Gasteiger partial charge in [0.1, 0.15) is 5.78 Å². The highest BCUT2D eigenvalue weighted by atomic mass is 16.1. The molecule has 0 aliphatic heterocycles. The SMILES string of the molecule is C=C(C)CC(=O)CCCC(C)N. The second-order valence-electron chi connectivity index (χ2n) is 3.54. The molecule has 1 unspecified atom stereocenters. The summed E-state index contributed by atoms with van der Waals surface area (Å²) in [5.74, 6) is 0.281. The van der Waals surface area contributed by atoms with Gasteiger partial charge in [-0.25, -0.2) is 0 Å². The zero-order valence-corrected chi connectivity index (χ0v) is 8.10. The highest BCUT2D eigenvalue weighted by Gasteiger charge is 2.02. The minimum atomic E-state index is 0.211. The Morgan fingerprint density at radius 3 is 2.58 bits per heavy atom. The Hall–Kier alpha value is -0.630. The van der Waals surface area contributed by atoms with Crippen molar-refractivity contribution in [2.45, 2.75) is 45.6 Å². The Bertz CT molecular complexity index is 161. The summed E-state index contributed by atoms with van der Waals surface area (Å²) in [5, 5.41) is 0. The number of carbonyl (C=O) groups excluding carboxylic acids is 1. The lowest BCUT2D eigenvalue weighted by atomic mass is 10.1. The minimum absolute atomic E-state index is 0.211. The molecule has 0 bridgehead atoms. The van der Waals surface area contributed by atoms with E-state index < -0.39 is 0 Å². The Balaban J connectivity index is 3.38. The molecule has 0 spiro atoms. The van der Waals surface area contributed by atoms with Gasteiger partial charge in [-0.3, -0.25) is 4.79 Å². The normalized spacial score (nSPS) is 12.6. The van der Waals surface area contributed by atoms with E-state index in [-0.39, 0.29) is 11.8 Å². The van der Waals surface area contributed by atoms with E-state index in [1.807, 2.05) is 13.8 Å². The number of carbonyl (C=O) groups is 1. The zero-order valence-electron chi connectivity index (χ0n) is 8.10. The molecule has 2 heteroatoms. The maximum atomic E-state index is 11.1. The third-order valence-corrected chi connectivity index (χ3v) is 1.61. The van der Waals surface area contributed by atoms with Gasteiger partial charge in [-0.15, -0.1) is 0 Å². The van der Waals surface area contributed by atoms with Crippen molar-refractivity contribution in [1.29, 1.82) is 0 Å². The molecule has 0 saturated carbocycles. The van der Waals surface area contributed by atoms with Gasteiger partial charge in [-0.05, 0) is 26.7 Å². The summed E-state index contributed by atoms with van der Waals surface area (Å²) in [4.78, 5) is 11.1. The molecule has 0 aliphatic rings. The standard InChI is InChI=1S/C10H19NO/c1-8(2)7-10(12)6-4-5-9(3)11/h9H,1,4-7,11H2,2-3H3. The van der Waals surface area contributed by atoms with E-state index in [0.717, 1.165) is 18.4 Å². The highest BCUT2D eigenvalue weighted by Crippen LogP contribution is 2.05. The molecule has 0 amide bonds.